The minimum absolute atomic E-state index is 0.190. The Hall–Kier alpha value is -4.21. The minimum Gasteiger partial charge on any atom is -0.438 e. The van der Waals surface area contributed by atoms with E-state index in [1.807, 2.05) is 32.0 Å². The standard InChI is InChI=1S/C26H19ClN4O2/c1-16-11-17(2)13-19(12-16)25(32)22-14-20(27)5-8-23(22)33-24-9-10-29-26(31-24)30-21-6-3-18(15-28)4-7-21/h3-14H,1-2H3,(H,29,30,31). The summed E-state index contributed by atoms with van der Waals surface area (Å²) in [6.07, 6.45) is 1.55. The van der Waals surface area contributed by atoms with Crippen molar-refractivity contribution in [1.29, 1.82) is 5.26 Å². The Morgan fingerprint density at radius 2 is 1.73 bits per heavy atom. The number of nitrogens with zero attached hydrogens (tertiary/aromatic N) is 3. The van der Waals surface area contributed by atoms with Gasteiger partial charge in [0.05, 0.1) is 17.2 Å². The summed E-state index contributed by atoms with van der Waals surface area (Å²) in [6, 6.07) is 21.2. The maximum atomic E-state index is 13.3. The van der Waals surface area contributed by atoms with Crippen LogP contribution >= 0.6 is 11.6 Å². The van der Waals surface area contributed by atoms with E-state index in [0.29, 0.717) is 33.4 Å². The number of anilines is 2. The molecular formula is C26H19ClN4O2. The van der Waals surface area contributed by atoms with Crippen molar-refractivity contribution in [2.45, 2.75) is 13.8 Å². The first-order chi connectivity index (χ1) is 15.9. The molecule has 0 saturated carbocycles. The third kappa shape index (κ3) is 5.35. The largest absolute Gasteiger partial charge is 0.438 e. The predicted molar refractivity (Wildman–Crippen MR) is 127 cm³/mol. The summed E-state index contributed by atoms with van der Waals surface area (Å²) in [5, 5.41) is 12.4. The van der Waals surface area contributed by atoms with E-state index in [-0.39, 0.29) is 11.7 Å². The zero-order valence-corrected chi connectivity index (χ0v) is 18.7. The van der Waals surface area contributed by atoms with Gasteiger partial charge in [-0.05, 0) is 68.4 Å². The highest BCUT2D eigenvalue weighted by Gasteiger charge is 2.17. The van der Waals surface area contributed by atoms with Gasteiger partial charge >= 0.3 is 0 Å². The van der Waals surface area contributed by atoms with Crippen molar-refractivity contribution in [3.05, 3.63) is 106 Å². The fourth-order valence-corrected chi connectivity index (χ4v) is 3.53. The quantitative estimate of drug-likeness (QED) is 0.340. The number of benzene rings is 3. The molecule has 0 unspecified atom stereocenters. The lowest BCUT2D eigenvalue weighted by atomic mass is 9.99. The molecule has 1 heterocycles. The average Bonchev–Trinajstić information content (AvgIpc) is 2.80. The second kappa shape index (κ2) is 9.51. The lowest BCUT2D eigenvalue weighted by molar-refractivity contribution is 0.103. The van der Waals surface area contributed by atoms with Crippen LogP contribution in [0.25, 0.3) is 0 Å². The third-order valence-electron chi connectivity index (χ3n) is 4.78. The number of carbonyl (C=O) groups excluding carboxylic acids is 1. The highest BCUT2D eigenvalue weighted by atomic mass is 35.5. The summed E-state index contributed by atoms with van der Waals surface area (Å²) < 4.78 is 5.97. The fourth-order valence-electron chi connectivity index (χ4n) is 3.36. The predicted octanol–water partition coefficient (Wildman–Crippen LogP) is 6.39. The summed E-state index contributed by atoms with van der Waals surface area (Å²) in [7, 11) is 0. The second-order valence-corrected chi connectivity index (χ2v) is 7.92. The maximum absolute atomic E-state index is 13.3. The van der Waals surface area contributed by atoms with Crippen molar-refractivity contribution in [3.8, 4) is 17.7 Å². The molecule has 7 heteroatoms. The van der Waals surface area contributed by atoms with Crippen LogP contribution in [-0.2, 0) is 0 Å². The van der Waals surface area contributed by atoms with Crippen LogP contribution in [0.1, 0.15) is 32.6 Å². The Labute approximate surface area is 196 Å². The molecule has 0 aliphatic rings. The smallest absolute Gasteiger partial charge is 0.230 e. The van der Waals surface area contributed by atoms with Gasteiger partial charge in [-0.1, -0.05) is 28.8 Å². The molecule has 0 saturated heterocycles. The van der Waals surface area contributed by atoms with Gasteiger partial charge < -0.3 is 10.1 Å². The monoisotopic (exact) mass is 454 g/mol. The molecule has 4 rings (SSSR count). The summed E-state index contributed by atoms with van der Waals surface area (Å²) in [5.41, 5.74) is 4.18. The van der Waals surface area contributed by atoms with E-state index in [9.17, 15) is 4.79 Å². The Kier molecular flexibility index (Phi) is 6.34. The van der Waals surface area contributed by atoms with Crippen LogP contribution in [0.4, 0.5) is 11.6 Å². The number of halogens is 1. The van der Waals surface area contributed by atoms with Crippen LogP contribution in [0.5, 0.6) is 11.6 Å². The van der Waals surface area contributed by atoms with Crippen molar-refractivity contribution < 1.29 is 9.53 Å². The molecule has 1 N–H and O–H groups in total. The molecule has 0 radical (unpaired) electrons. The first-order valence-corrected chi connectivity index (χ1v) is 10.5. The first kappa shape index (κ1) is 22.0. The molecule has 0 fully saturated rings. The van der Waals surface area contributed by atoms with Crippen LogP contribution in [0.15, 0.2) is 72.9 Å². The van der Waals surface area contributed by atoms with Crippen LogP contribution in [0.2, 0.25) is 5.02 Å². The van der Waals surface area contributed by atoms with Crippen LogP contribution < -0.4 is 10.1 Å². The van der Waals surface area contributed by atoms with E-state index in [0.717, 1.165) is 16.8 Å². The van der Waals surface area contributed by atoms with Gasteiger partial charge in [0.15, 0.2) is 5.78 Å². The summed E-state index contributed by atoms with van der Waals surface area (Å²) in [6.45, 7) is 3.89. The molecule has 0 aliphatic heterocycles. The molecule has 1 aromatic heterocycles. The maximum Gasteiger partial charge on any atom is 0.230 e. The lowest BCUT2D eigenvalue weighted by Crippen LogP contribution is -2.05. The van der Waals surface area contributed by atoms with Gasteiger partial charge in [-0.2, -0.15) is 10.2 Å². The Balaban J connectivity index is 1.61. The summed E-state index contributed by atoms with van der Waals surface area (Å²) in [5.74, 6) is 0.724. The normalized spacial score (nSPS) is 10.4. The number of aromatic nitrogens is 2. The summed E-state index contributed by atoms with van der Waals surface area (Å²) >= 11 is 6.19. The van der Waals surface area contributed by atoms with Gasteiger partial charge in [0.2, 0.25) is 11.8 Å². The van der Waals surface area contributed by atoms with Crippen LogP contribution in [-0.4, -0.2) is 15.8 Å². The molecule has 6 nitrogen and oxygen atoms in total. The molecule has 4 aromatic rings. The highest BCUT2D eigenvalue weighted by molar-refractivity contribution is 6.31. The molecule has 33 heavy (non-hydrogen) atoms. The molecule has 0 atom stereocenters. The average molecular weight is 455 g/mol. The highest BCUT2D eigenvalue weighted by Crippen LogP contribution is 2.30. The van der Waals surface area contributed by atoms with Crippen molar-refractivity contribution >= 4 is 29.0 Å². The number of rotatable bonds is 6. The Bertz CT molecular complexity index is 1360. The third-order valence-corrected chi connectivity index (χ3v) is 5.02. The number of ketones is 1. The van der Waals surface area contributed by atoms with E-state index >= 15 is 0 Å². The number of hydrogen-bond donors (Lipinski definition) is 1. The van der Waals surface area contributed by atoms with Crippen LogP contribution in [0.3, 0.4) is 0 Å². The van der Waals surface area contributed by atoms with Gasteiger partial charge in [-0.3, -0.25) is 4.79 Å². The lowest BCUT2D eigenvalue weighted by Gasteiger charge is -2.12. The van der Waals surface area contributed by atoms with Crippen molar-refractivity contribution in [1.82, 2.24) is 9.97 Å². The van der Waals surface area contributed by atoms with Gasteiger partial charge in [-0.25, -0.2) is 4.98 Å². The Morgan fingerprint density at radius 1 is 1.00 bits per heavy atom. The number of ether oxygens (including phenoxy) is 1. The molecule has 0 spiro atoms. The van der Waals surface area contributed by atoms with Crippen molar-refractivity contribution in [2.75, 3.05) is 5.32 Å². The van der Waals surface area contributed by atoms with Gasteiger partial charge in [0.1, 0.15) is 5.75 Å². The van der Waals surface area contributed by atoms with Crippen molar-refractivity contribution in [3.63, 3.8) is 0 Å². The van der Waals surface area contributed by atoms with Gasteiger partial charge in [-0.15, -0.1) is 0 Å². The van der Waals surface area contributed by atoms with Gasteiger partial charge in [0, 0.05) is 28.5 Å². The zero-order valence-electron chi connectivity index (χ0n) is 18.0. The van der Waals surface area contributed by atoms with E-state index in [1.54, 1.807) is 54.7 Å². The van der Waals surface area contributed by atoms with E-state index in [1.165, 1.54) is 0 Å². The minimum atomic E-state index is -0.190. The van der Waals surface area contributed by atoms with Gasteiger partial charge in [0.25, 0.3) is 0 Å². The SMILES string of the molecule is Cc1cc(C)cc(C(=O)c2cc(Cl)ccc2Oc2ccnc(Nc3ccc(C#N)cc3)n2)c1. The zero-order chi connectivity index (χ0) is 23.4. The van der Waals surface area contributed by atoms with Crippen LogP contribution in [0, 0.1) is 25.2 Å². The molecule has 0 bridgehead atoms. The Morgan fingerprint density at radius 3 is 2.42 bits per heavy atom. The number of nitriles is 1. The molecule has 162 valence electrons. The van der Waals surface area contributed by atoms with E-state index in [2.05, 4.69) is 21.4 Å². The van der Waals surface area contributed by atoms with Crippen molar-refractivity contribution in [2.24, 2.45) is 0 Å². The fraction of sp³-hybridized carbons (Fsp3) is 0.0769. The summed E-state index contributed by atoms with van der Waals surface area (Å²) in [4.78, 5) is 21.8. The molecule has 0 amide bonds. The number of carbonyl (C=O) groups is 1. The van der Waals surface area contributed by atoms with E-state index < -0.39 is 0 Å². The van der Waals surface area contributed by atoms with E-state index in [4.69, 9.17) is 21.6 Å². The number of nitrogens with one attached hydrogen (secondary N) is 1. The molecule has 0 aliphatic carbocycles. The topological polar surface area (TPSA) is 87.9 Å². The second-order valence-electron chi connectivity index (χ2n) is 7.48. The number of hydrogen-bond acceptors (Lipinski definition) is 6. The number of aryl methyl sites for hydroxylation is 2. The first-order valence-electron chi connectivity index (χ1n) is 10.1. The molecular weight excluding hydrogens is 436 g/mol. The molecule has 3 aromatic carbocycles.